The van der Waals surface area contributed by atoms with Crippen LogP contribution in [0.25, 0.3) is 11.3 Å². The number of aryl methyl sites for hydroxylation is 1. The average Bonchev–Trinajstić information content (AvgIpc) is 3.05. The SMILES string of the molecule is Cc1cc(-c2ccc(CNC3CN4CCC3CC4)o2)ccc1Br.Cl.Cl. The molecule has 5 rings (SSSR count). The Bertz CT molecular complexity index is 698. The van der Waals surface area contributed by atoms with Gasteiger partial charge in [-0.05, 0) is 68.6 Å². The summed E-state index contributed by atoms with van der Waals surface area (Å²) in [5, 5.41) is 3.71. The predicted octanol–water partition coefficient (Wildman–Crippen LogP) is 5.04. The van der Waals surface area contributed by atoms with Crippen molar-refractivity contribution in [3.05, 3.63) is 46.1 Å². The van der Waals surface area contributed by atoms with Gasteiger partial charge in [-0.25, -0.2) is 0 Å². The molecule has 1 aromatic heterocycles. The number of rotatable bonds is 4. The largest absolute Gasteiger partial charge is 0.460 e. The Balaban J connectivity index is 0.00000113. The second-order valence-corrected chi connectivity index (χ2v) is 7.71. The van der Waals surface area contributed by atoms with Crippen LogP contribution >= 0.6 is 40.7 Å². The maximum atomic E-state index is 6.04. The van der Waals surface area contributed by atoms with Crippen LogP contribution in [0.4, 0.5) is 0 Å². The van der Waals surface area contributed by atoms with Crippen LogP contribution in [0.15, 0.2) is 39.2 Å². The zero-order chi connectivity index (χ0) is 15.8. The molecule has 1 atom stereocenters. The summed E-state index contributed by atoms with van der Waals surface area (Å²) < 4.78 is 7.18. The third-order valence-electron chi connectivity index (χ3n) is 5.30. The summed E-state index contributed by atoms with van der Waals surface area (Å²) in [6.07, 6.45) is 2.69. The number of furan rings is 1. The van der Waals surface area contributed by atoms with Crippen LogP contribution in [-0.2, 0) is 6.54 Å². The van der Waals surface area contributed by atoms with Crippen molar-refractivity contribution in [1.82, 2.24) is 10.2 Å². The molecule has 2 bridgehead atoms. The van der Waals surface area contributed by atoms with Gasteiger partial charge in [0.05, 0.1) is 6.54 Å². The first kappa shape index (κ1) is 20.8. The molecular weight excluding hydrogens is 423 g/mol. The lowest BCUT2D eigenvalue weighted by Gasteiger charge is -2.45. The molecule has 0 amide bonds. The fourth-order valence-corrected chi connectivity index (χ4v) is 4.10. The molecule has 0 aliphatic carbocycles. The molecule has 1 unspecified atom stereocenters. The van der Waals surface area contributed by atoms with Gasteiger partial charge < -0.3 is 14.6 Å². The van der Waals surface area contributed by atoms with Gasteiger partial charge in [-0.2, -0.15) is 0 Å². The number of piperidine rings is 3. The molecule has 0 spiro atoms. The Morgan fingerprint density at radius 3 is 2.56 bits per heavy atom. The van der Waals surface area contributed by atoms with Gasteiger partial charge in [-0.1, -0.05) is 22.0 Å². The molecular formula is C19H25BrCl2N2O. The van der Waals surface area contributed by atoms with Crippen molar-refractivity contribution < 1.29 is 4.42 Å². The molecule has 0 radical (unpaired) electrons. The van der Waals surface area contributed by atoms with Crippen LogP contribution in [0.5, 0.6) is 0 Å². The Morgan fingerprint density at radius 2 is 1.92 bits per heavy atom. The van der Waals surface area contributed by atoms with E-state index in [2.05, 4.69) is 63.4 Å². The summed E-state index contributed by atoms with van der Waals surface area (Å²) in [6, 6.07) is 11.1. The summed E-state index contributed by atoms with van der Waals surface area (Å²) in [6.45, 7) is 6.70. The second kappa shape index (κ2) is 8.92. The number of benzene rings is 1. The minimum Gasteiger partial charge on any atom is -0.460 e. The summed E-state index contributed by atoms with van der Waals surface area (Å²) in [5.41, 5.74) is 2.37. The maximum absolute atomic E-state index is 6.04. The summed E-state index contributed by atoms with van der Waals surface area (Å²) in [5.74, 6) is 2.83. The normalized spacial score (nSPS) is 24.5. The third-order valence-corrected chi connectivity index (χ3v) is 6.19. The first-order chi connectivity index (χ1) is 11.2. The van der Waals surface area contributed by atoms with Gasteiger partial charge in [0, 0.05) is 22.6 Å². The molecule has 0 saturated carbocycles. The minimum absolute atomic E-state index is 0. The van der Waals surface area contributed by atoms with Gasteiger partial charge >= 0.3 is 0 Å². The highest BCUT2D eigenvalue weighted by molar-refractivity contribution is 9.10. The van der Waals surface area contributed by atoms with E-state index < -0.39 is 0 Å². The Labute approximate surface area is 170 Å². The van der Waals surface area contributed by atoms with Crippen molar-refractivity contribution in [3.63, 3.8) is 0 Å². The van der Waals surface area contributed by atoms with E-state index in [0.29, 0.717) is 6.04 Å². The summed E-state index contributed by atoms with van der Waals surface area (Å²) in [4.78, 5) is 2.58. The lowest BCUT2D eigenvalue weighted by Crippen LogP contribution is -2.55. The maximum Gasteiger partial charge on any atom is 0.134 e. The lowest BCUT2D eigenvalue weighted by molar-refractivity contribution is 0.0711. The number of hydrogen-bond donors (Lipinski definition) is 1. The molecule has 3 saturated heterocycles. The van der Waals surface area contributed by atoms with Crippen molar-refractivity contribution in [1.29, 1.82) is 0 Å². The molecule has 6 heteroatoms. The van der Waals surface area contributed by atoms with Crippen molar-refractivity contribution >= 4 is 40.7 Å². The number of fused-ring (bicyclic) bond motifs is 3. The molecule has 3 nitrogen and oxygen atoms in total. The van der Waals surface area contributed by atoms with E-state index >= 15 is 0 Å². The van der Waals surface area contributed by atoms with Crippen LogP contribution in [0.3, 0.4) is 0 Å². The smallest absolute Gasteiger partial charge is 0.134 e. The molecule has 1 aromatic carbocycles. The zero-order valence-electron chi connectivity index (χ0n) is 14.3. The van der Waals surface area contributed by atoms with E-state index in [1.807, 2.05) is 0 Å². The van der Waals surface area contributed by atoms with Crippen molar-refractivity contribution in [3.8, 4) is 11.3 Å². The Hall–Kier alpha value is -0.520. The molecule has 1 N–H and O–H groups in total. The fourth-order valence-electron chi connectivity index (χ4n) is 3.85. The monoisotopic (exact) mass is 446 g/mol. The van der Waals surface area contributed by atoms with Gasteiger partial charge in [0.15, 0.2) is 0 Å². The third kappa shape index (κ3) is 4.61. The molecule has 3 fully saturated rings. The summed E-state index contributed by atoms with van der Waals surface area (Å²) in [7, 11) is 0. The van der Waals surface area contributed by atoms with Gasteiger partial charge in [-0.15, -0.1) is 24.8 Å². The van der Waals surface area contributed by atoms with Crippen LogP contribution in [0.1, 0.15) is 24.2 Å². The number of halogens is 3. The van der Waals surface area contributed by atoms with Gasteiger partial charge in [-0.3, -0.25) is 0 Å². The van der Waals surface area contributed by atoms with Crippen LogP contribution in [0, 0.1) is 12.8 Å². The molecule has 2 aromatic rings. The van der Waals surface area contributed by atoms with E-state index in [9.17, 15) is 0 Å². The number of nitrogens with zero attached hydrogens (tertiary/aromatic N) is 1. The van der Waals surface area contributed by atoms with Crippen LogP contribution in [0.2, 0.25) is 0 Å². The Kier molecular flexibility index (Phi) is 7.41. The highest BCUT2D eigenvalue weighted by Crippen LogP contribution is 2.29. The van der Waals surface area contributed by atoms with Crippen LogP contribution in [-0.4, -0.2) is 30.6 Å². The van der Waals surface area contributed by atoms with E-state index in [1.165, 1.54) is 38.0 Å². The van der Waals surface area contributed by atoms with Crippen molar-refractivity contribution in [2.75, 3.05) is 19.6 Å². The van der Waals surface area contributed by atoms with E-state index in [-0.39, 0.29) is 24.8 Å². The standard InChI is InChI=1S/C19H23BrN2O.2ClH/c1-13-10-15(2-4-17(13)20)19-5-3-16(23-19)11-21-18-12-22-8-6-14(18)7-9-22;;/h2-5,10,14,18,21H,6-9,11-12H2,1H3;2*1H. The summed E-state index contributed by atoms with van der Waals surface area (Å²) >= 11 is 3.55. The van der Waals surface area contributed by atoms with E-state index in [1.54, 1.807) is 0 Å². The highest BCUT2D eigenvalue weighted by Gasteiger charge is 2.33. The molecule has 138 valence electrons. The lowest BCUT2D eigenvalue weighted by atomic mass is 9.84. The first-order valence-corrected chi connectivity index (χ1v) is 9.29. The quantitative estimate of drug-likeness (QED) is 0.711. The minimum atomic E-state index is 0. The molecule has 3 aliphatic rings. The predicted molar refractivity (Wildman–Crippen MR) is 111 cm³/mol. The van der Waals surface area contributed by atoms with Crippen molar-refractivity contribution in [2.45, 2.75) is 32.4 Å². The number of nitrogens with one attached hydrogen (secondary N) is 1. The zero-order valence-corrected chi connectivity index (χ0v) is 17.6. The second-order valence-electron chi connectivity index (χ2n) is 6.86. The van der Waals surface area contributed by atoms with Gasteiger partial charge in [0.1, 0.15) is 11.5 Å². The van der Waals surface area contributed by atoms with Gasteiger partial charge in [0.25, 0.3) is 0 Å². The fraction of sp³-hybridized carbons (Fsp3) is 0.474. The number of hydrogen-bond acceptors (Lipinski definition) is 3. The average molecular weight is 448 g/mol. The van der Waals surface area contributed by atoms with Gasteiger partial charge in [0.2, 0.25) is 0 Å². The van der Waals surface area contributed by atoms with Crippen LogP contribution < -0.4 is 5.32 Å². The topological polar surface area (TPSA) is 28.4 Å². The molecule has 25 heavy (non-hydrogen) atoms. The van der Waals surface area contributed by atoms with Crippen molar-refractivity contribution in [2.24, 2.45) is 5.92 Å². The first-order valence-electron chi connectivity index (χ1n) is 8.50. The molecule has 3 aliphatic heterocycles. The van der Waals surface area contributed by atoms with E-state index in [4.69, 9.17) is 4.42 Å². The van der Waals surface area contributed by atoms with E-state index in [0.717, 1.165) is 34.0 Å². The molecule has 4 heterocycles. The highest BCUT2D eigenvalue weighted by atomic mass is 79.9. The Morgan fingerprint density at radius 1 is 1.16 bits per heavy atom.